The number of amides is 1. The second kappa shape index (κ2) is 5.26. The Bertz CT molecular complexity index is 517. The van der Waals surface area contributed by atoms with E-state index < -0.39 is 23.7 Å². The van der Waals surface area contributed by atoms with Crippen LogP contribution in [0.15, 0.2) is 18.2 Å². The molecule has 0 spiro atoms. The lowest BCUT2D eigenvalue weighted by Gasteiger charge is -2.22. The van der Waals surface area contributed by atoms with Crippen LogP contribution in [0.2, 0.25) is 0 Å². The lowest BCUT2D eigenvalue weighted by Crippen LogP contribution is -2.40. The van der Waals surface area contributed by atoms with Gasteiger partial charge in [0, 0.05) is 6.54 Å². The van der Waals surface area contributed by atoms with Crippen LogP contribution in [0.5, 0.6) is 5.75 Å². The van der Waals surface area contributed by atoms with Crippen LogP contribution in [0.3, 0.4) is 0 Å². The smallest absolute Gasteiger partial charge is 0.326 e. The zero-order valence-electron chi connectivity index (χ0n) is 10.4. The van der Waals surface area contributed by atoms with Gasteiger partial charge in [0.1, 0.15) is 23.2 Å². The van der Waals surface area contributed by atoms with E-state index in [1.807, 2.05) is 0 Å². The highest BCUT2D eigenvalue weighted by molar-refractivity contribution is 5.99. The molecule has 5 nitrogen and oxygen atoms in total. The number of carboxylic acids is 1. The van der Waals surface area contributed by atoms with Gasteiger partial charge in [-0.05, 0) is 25.0 Å². The minimum absolute atomic E-state index is 0.112. The maximum Gasteiger partial charge on any atom is 0.326 e. The highest BCUT2D eigenvalue weighted by atomic mass is 19.1. The number of hydrogen-bond donors (Lipinski definition) is 1. The molecule has 0 saturated carbocycles. The summed E-state index contributed by atoms with van der Waals surface area (Å²) in [5.41, 5.74) is -0.210. The molecule has 1 aliphatic rings. The van der Waals surface area contributed by atoms with E-state index >= 15 is 0 Å². The summed E-state index contributed by atoms with van der Waals surface area (Å²) in [6.45, 7) is 0.313. The van der Waals surface area contributed by atoms with E-state index in [1.54, 1.807) is 0 Å². The molecule has 0 aliphatic carbocycles. The van der Waals surface area contributed by atoms with Crippen molar-refractivity contribution < 1.29 is 23.8 Å². The van der Waals surface area contributed by atoms with Crippen molar-refractivity contribution in [3.8, 4) is 5.75 Å². The number of benzene rings is 1. The first-order valence-electron chi connectivity index (χ1n) is 5.92. The van der Waals surface area contributed by atoms with Gasteiger partial charge in [0.2, 0.25) is 0 Å². The largest absolute Gasteiger partial charge is 0.496 e. The summed E-state index contributed by atoms with van der Waals surface area (Å²) >= 11 is 0. The molecule has 1 aliphatic heterocycles. The number of aliphatic carboxylic acids is 1. The number of hydrogen-bond acceptors (Lipinski definition) is 3. The van der Waals surface area contributed by atoms with Gasteiger partial charge in [-0.25, -0.2) is 9.18 Å². The van der Waals surface area contributed by atoms with Crippen LogP contribution in [0.1, 0.15) is 23.2 Å². The lowest BCUT2D eigenvalue weighted by atomic mass is 10.1. The molecule has 19 heavy (non-hydrogen) atoms. The van der Waals surface area contributed by atoms with Gasteiger partial charge in [-0.3, -0.25) is 4.79 Å². The molecule has 2 rings (SSSR count). The summed E-state index contributed by atoms with van der Waals surface area (Å²) in [5.74, 6) is -2.30. The number of methoxy groups -OCH3 is 1. The first-order chi connectivity index (χ1) is 9.06. The van der Waals surface area contributed by atoms with Crippen molar-refractivity contribution in [2.75, 3.05) is 13.7 Å². The van der Waals surface area contributed by atoms with E-state index in [1.165, 1.54) is 24.1 Å². The van der Waals surface area contributed by atoms with Gasteiger partial charge in [-0.15, -0.1) is 0 Å². The van der Waals surface area contributed by atoms with Crippen LogP contribution in [-0.2, 0) is 4.79 Å². The average Bonchev–Trinajstić information content (AvgIpc) is 2.87. The SMILES string of the molecule is COc1cccc(F)c1C(=O)N1CCCC1C(=O)O. The van der Waals surface area contributed by atoms with E-state index in [-0.39, 0.29) is 11.3 Å². The third-order valence-corrected chi connectivity index (χ3v) is 3.21. The summed E-state index contributed by atoms with van der Waals surface area (Å²) in [6.07, 6.45) is 0.983. The maximum absolute atomic E-state index is 13.8. The van der Waals surface area contributed by atoms with Crippen LogP contribution in [0, 0.1) is 5.82 Å². The quantitative estimate of drug-likeness (QED) is 0.901. The Morgan fingerprint density at radius 3 is 2.84 bits per heavy atom. The molecular weight excluding hydrogens is 253 g/mol. The van der Waals surface area contributed by atoms with Gasteiger partial charge in [-0.1, -0.05) is 6.07 Å². The van der Waals surface area contributed by atoms with Crippen molar-refractivity contribution in [2.45, 2.75) is 18.9 Å². The van der Waals surface area contributed by atoms with E-state index in [0.29, 0.717) is 19.4 Å². The fraction of sp³-hybridized carbons (Fsp3) is 0.385. The summed E-state index contributed by atoms with van der Waals surface area (Å²) in [7, 11) is 1.34. The van der Waals surface area contributed by atoms with Gasteiger partial charge >= 0.3 is 5.97 Å². The Morgan fingerprint density at radius 2 is 2.21 bits per heavy atom. The molecule has 0 bridgehead atoms. The average molecular weight is 267 g/mol. The molecule has 102 valence electrons. The van der Waals surface area contributed by atoms with E-state index in [4.69, 9.17) is 9.84 Å². The molecule has 1 aromatic carbocycles. The topological polar surface area (TPSA) is 66.8 Å². The number of halogens is 1. The Hall–Kier alpha value is -2.11. The first-order valence-corrected chi connectivity index (χ1v) is 5.92. The summed E-state index contributed by atoms with van der Waals surface area (Å²) in [6, 6.07) is 3.17. The molecule has 1 heterocycles. The standard InChI is InChI=1S/C13H14FNO4/c1-19-10-6-2-4-8(14)11(10)12(16)15-7-3-5-9(15)13(17)18/h2,4,6,9H,3,5,7H2,1H3,(H,17,18). The third-order valence-electron chi connectivity index (χ3n) is 3.21. The van der Waals surface area contributed by atoms with Gasteiger partial charge in [0.05, 0.1) is 7.11 Å². The predicted octanol–water partition coefficient (Wildman–Crippen LogP) is 1.52. The van der Waals surface area contributed by atoms with Crippen LogP contribution >= 0.6 is 0 Å². The van der Waals surface area contributed by atoms with Crippen LogP contribution in [0.25, 0.3) is 0 Å². The molecule has 1 N–H and O–H groups in total. The molecule has 0 radical (unpaired) electrons. The molecule has 1 fully saturated rings. The van der Waals surface area contributed by atoms with Crippen molar-refractivity contribution in [1.82, 2.24) is 4.90 Å². The minimum Gasteiger partial charge on any atom is -0.496 e. The zero-order valence-corrected chi connectivity index (χ0v) is 10.4. The van der Waals surface area contributed by atoms with Crippen LogP contribution in [0.4, 0.5) is 4.39 Å². The number of carbonyl (C=O) groups excluding carboxylic acids is 1. The van der Waals surface area contributed by atoms with E-state index in [0.717, 1.165) is 6.07 Å². The Balaban J connectivity index is 2.37. The monoisotopic (exact) mass is 267 g/mol. The van der Waals surface area contributed by atoms with E-state index in [2.05, 4.69) is 0 Å². The molecular formula is C13H14FNO4. The van der Waals surface area contributed by atoms with E-state index in [9.17, 15) is 14.0 Å². The zero-order chi connectivity index (χ0) is 14.0. The summed E-state index contributed by atoms with van der Waals surface area (Å²) in [4.78, 5) is 24.6. The van der Waals surface area contributed by atoms with Crippen molar-refractivity contribution in [3.05, 3.63) is 29.6 Å². The molecule has 6 heteroatoms. The number of carbonyl (C=O) groups is 2. The van der Waals surface area contributed by atoms with Crippen molar-refractivity contribution in [3.63, 3.8) is 0 Å². The Kier molecular flexibility index (Phi) is 3.69. The highest BCUT2D eigenvalue weighted by Crippen LogP contribution is 2.27. The summed E-state index contributed by atoms with van der Waals surface area (Å²) in [5, 5.41) is 9.06. The molecule has 1 unspecified atom stereocenters. The molecule has 1 atom stereocenters. The van der Waals surface area contributed by atoms with Crippen molar-refractivity contribution in [1.29, 1.82) is 0 Å². The second-order valence-electron chi connectivity index (χ2n) is 4.31. The van der Waals surface area contributed by atoms with Gasteiger partial charge in [0.15, 0.2) is 0 Å². The van der Waals surface area contributed by atoms with Crippen LogP contribution in [-0.4, -0.2) is 41.6 Å². The number of carboxylic acid groups (broad SMARTS) is 1. The summed E-state index contributed by atoms with van der Waals surface area (Å²) < 4.78 is 18.8. The van der Waals surface area contributed by atoms with Gasteiger partial charge in [-0.2, -0.15) is 0 Å². The number of ether oxygens (including phenoxy) is 1. The second-order valence-corrected chi connectivity index (χ2v) is 4.31. The Morgan fingerprint density at radius 1 is 1.47 bits per heavy atom. The normalized spacial score (nSPS) is 18.4. The van der Waals surface area contributed by atoms with Crippen molar-refractivity contribution >= 4 is 11.9 Å². The molecule has 1 aromatic rings. The first kappa shape index (κ1) is 13.3. The van der Waals surface area contributed by atoms with Crippen molar-refractivity contribution in [2.24, 2.45) is 0 Å². The maximum atomic E-state index is 13.8. The third kappa shape index (κ3) is 2.38. The fourth-order valence-corrected chi connectivity index (χ4v) is 2.29. The molecule has 1 saturated heterocycles. The fourth-order valence-electron chi connectivity index (χ4n) is 2.29. The lowest BCUT2D eigenvalue weighted by molar-refractivity contribution is -0.141. The minimum atomic E-state index is -1.07. The van der Waals surface area contributed by atoms with Gasteiger partial charge < -0.3 is 14.7 Å². The molecule has 0 aromatic heterocycles. The number of likely N-dealkylation sites (tertiary alicyclic amines) is 1. The van der Waals surface area contributed by atoms with Gasteiger partial charge in [0.25, 0.3) is 5.91 Å². The predicted molar refractivity (Wildman–Crippen MR) is 64.6 cm³/mol. The number of nitrogens with zero attached hydrogens (tertiary/aromatic N) is 1. The van der Waals surface area contributed by atoms with Crippen LogP contribution < -0.4 is 4.74 Å². The Labute approximate surface area is 109 Å². The number of rotatable bonds is 3. The highest BCUT2D eigenvalue weighted by Gasteiger charge is 2.36. The molecule has 1 amide bonds.